The molecule has 1 heterocycles. The summed E-state index contributed by atoms with van der Waals surface area (Å²) in [6, 6.07) is 14.5. The Morgan fingerprint density at radius 2 is 1.62 bits per heavy atom. The van der Waals surface area contributed by atoms with E-state index in [0.29, 0.717) is 17.5 Å². The van der Waals surface area contributed by atoms with Crippen molar-refractivity contribution >= 4 is 17.5 Å². The molecule has 0 aliphatic carbocycles. The van der Waals surface area contributed by atoms with Gasteiger partial charge in [0.05, 0.1) is 11.4 Å². The number of halogens is 2. The number of aromatic nitrogens is 2. The minimum absolute atomic E-state index is 0.0180. The van der Waals surface area contributed by atoms with Crippen molar-refractivity contribution < 1.29 is 8.78 Å². The molecule has 3 aromatic rings. The van der Waals surface area contributed by atoms with Crippen LogP contribution in [0.5, 0.6) is 0 Å². The molecule has 26 heavy (non-hydrogen) atoms. The van der Waals surface area contributed by atoms with Gasteiger partial charge >= 0.3 is 0 Å². The van der Waals surface area contributed by atoms with E-state index in [4.69, 9.17) is 0 Å². The van der Waals surface area contributed by atoms with Gasteiger partial charge in [0, 0.05) is 23.2 Å². The fourth-order valence-corrected chi connectivity index (χ4v) is 2.39. The number of hydrogen-bond donors (Lipinski definition) is 2. The van der Waals surface area contributed by atoms with Crippen LogP contribution in [0.3, 0.4) is 0 Å². The summed E-state index contributed by atoms with van der Waals surface area (Å²) in [5.41, 5.74) is 1.34. The topological polar surface area (TPSA) is 49.8 Å². The van der Waals surface area contributed by atoms with Gasteiger partial charge in [0.1, 0.15) is 17.5 Å². The van der Waals surface area contributed by atoms with Crippen LogP contribution in [0.1, 0.15) is 20.8 Å². The van der Waals surface area contributed by atoms with Crippen molar-refractivity contribution in [3.8, 4) is 11.3 Å². The molecule has 3 rings (SSSR count). The average molecular weight is 354 g/mol. The lowest BCUT2D eigenvalue weighted by atomic mass is 10.1. The first-order chi connectivity index (χ1) is 12.3. The van der Waals surface area contributed by atoms with Gasteiger partial charge in [0.15, 0.2) is 0 Å². The summed E-state index contributed by atoms with van der Waals surface area (Å²) in [7, 11) is 0. The van der Waals surface area contributed by atoms with Gasteiger partial charge in [-0.05, 0) is 32.9 Å². The number of anilines is 3. The van der Waals surface area contributed by atoms with Crippen molar-refractivity contribution in [2.24, 2.45) is 0 Å². The normalized spacial score (nSPS) is 11.3. The SMILES string of the molecule is CC(C)(C)Nc1nc(Nc2cc(F)ccc2F)cc(-c2ccccc2)n1. The van der Waals surface area contributed by atoms with Crippen molar-refractivity contribution in [3.63, 3.8) is 0 Å². The number of rotatable bonds is 4. The molecule has 0 saturated carbocycles. The monoisotopic (exact) mass is 354 g/mol. The Bertz CT molecular complexity index is 905. The number of hydrogen-bond acceptors (Lipinski definition) is 4. The summed E-state index contributed by atoms with van der Waals surface area (Å²) in [6.45, 7) is 5.97. The van der Waals surface area contributed by atoms with Gasteiger partial charge in [-0.2, -0.15) is 4.98 Å². The Kier molecular flexibility index (Phi) is 4.84. The highest BCUT2D eigenvalue weighted by atomic mass is 19.1. The van der Waals surface area contributed by atoms with E-state index < -0.39 is 11.6 Å². The van der Waals surface area contributed by atoms with Gasteiger partial charge in [-0.15, -0.1) is 0 Å². The Hall–Kier alpha value is -3.02. The lowest BCUT2D eigenvalue weighted by Crippen LogP contribution is -2.27. The van der Waals surface area contributed by atoms with Crippen molar-refractivity contribution in [1.29, 1.82) is 0 Å². The molecule has 0 aliphatic heterocycles. The van der Waals surface area contributed by atoms with Gasteiger partial charge in [0.2, 0.25) is 5.95 Å². The zero-order valence-electron chi connectivity index (χ0n) is 14.8. The second-order valence-corrected chi connectivity index (χ2v) is 6.95. The largest absolute Gasteiger partial charge is 0.350 e. The molecule has 6 heteroatoms. The minimum atomic E-state index is -0.559. The number of nitrogens with one attached hydrogen (secondary N) is 2. The van der Waals surface area contributed by atoms with Crippen LogP contribution in [-0.2, 0) is 0 Å². The van der Waals surface area contributed by atoms with Crippen molar-refractivity contribution in [2.75, 3.05) is 10.6 Å². The highest BCUT2D eigenvalue weighted by molar-refractivity contribution is 5.67. The second kappa shape index (κ2) is 7.07. The smallest absolute Gasteiger partial charge is 0.225 e. The fraction of sp³-hybridized carbons (Fsp3) is 0.200. The molecular weight excluding hydrogens is 334 g/mol. The highest BCUT2D eigenvalue weighted by Crippen LogP contribution is 2.26. The van der Waals surface area contributed by atoms with E-state index in [0.717, 1.165) is 23.8 Å². The van der Waals surface area contributed by atoms with Crippen molar-refractivity contribution in [2.45, 2.75) is 26.3 Å². The third kappa shape index (κ3) is 4.53. The van der Waals surface area contributed by atoms with Crippen LogP contribution >= 0.6 is 0 Å². The molecule has 2 aromatic carbocycles. The zero-order valence-corrected chi connectivity index (χ0v) is 14.8. The van der Waals surface area contributed by atoms with Crippen LogP contribution < -0.4 is 10.6 Å². The van der Waals surface area contributed by atoms with E-state index in [9.17, 15) is 8.78 Å². The van der Waals surface area contributed by atoms with Crippen molar-refractivity contribution in [1.82, 2.24) is 9.97 Å². The van der Waals surface area contributed by atoms with E-state index in [2.05, 4.69) is 20.6 Å². The average Bonchev–Trinajstić information content (AvgIpc) is 2.57. The van der Waals surface area contributed by atoms with E-state index >= 15 is 0 Å². The third-order valence-electron chi connectivity index (χ3n) is 3.47. The predicted molar refractivity (Wildman–Crippen MR) is 100 cm³/mol. The van der Waals surface area contributed by atoms with Gasteiger partial charge in [-0.3, -0.25) is 0 Å². The lowest BCUT2D eigenvalue weighted by Gasteiger charge is -2.21. The molecular formula is C20H20F2N4. The summed E-state index contributed by atoms with van der Waals surface area (Å²) in [5, 5.41) is 6.06. The molecule has 0 bridgehead atoms. The standard InChI is InChI=1S/C20H20F2N4/c1-20(2,3)26-19-24-16(13-7-5-4-6-8-13)12-18(25-19)23-17-11-14(21)9-10-15(17)22/h4-12H,1-3H3,(H2,23,24,25,26). The summed E-state index contributed by atoms with van der Waals surface area (Å²) in [6.07, 6.45) is 0. The van der Waals surface area contributed by atoms with Crippen LogP contribution in [0.15, 0.2) is 54.6 Å². The predicted octanol–water partition coefficient (Wildman–Crippen LogP) is 5.38. The second-order valence-electron chi connectivity index (χ2n) is 6.95. The van der Waals surface area contributed by atoms with Crippen molar-refractivity contribution in [3.05, 3.63) is 66.2 Å². The van der Waals surface area contributed by atoms with E-state index in [1.54, 1.807) is 6.07 Å². The molecule has 0 amide bonds. The van der Waals surface area contributed by atoms with Crippen LogP contribution in [0, 0.1) is 11.6 Å². The number of nitrogens with zero attached hydrogens (tertiary/aromatic N) is 2. The third-order valence-corrected chi connectivity index (χ3v) is 3.47. The first-order valence-electron chi connectivity index (χ1n) is 8.25. The summed E-state index contributed by atoms with van der Waals surface area (Å²) in [5.74, 6) is -0.316. The maximum Gasteiger partial charge on any atom is 0.225 e. The molecule has 134 valence electrons. The first kappa shape index (κ1) is 17.8. The maximum atomic E-state index is 14.0. The fourth-order valence-electron chi connectivity index (χ4n) is 2.39. The lowest BCUT2D eigenvalue weighted by molar-refractivity contribution is 0.603. The molecule has 0 aliphatic rings. The molecule has 0 atom stereocenters. The Balaban J connectivity index is 2.03. The van der Waals surface area contributed by atoms with Crippen LogP contribution in [0.4, 0.5) is 26.2 Å². The molecule has 4 nitrogen and oxygen atoms in total. The Morgan fingerprint density at radius 3 is 2.31 bits per heavy atom. The molecule has 0 spiro atoms. The number of benzene rings is 2. The van der Waals surface area contributed by atoms with Gasteiger partial charge in [-0.25, -0.2) is 13.8 Å². The Labute approximate surface area is 151 Å². The summed E-state index contributed by atoms with van der Waals surface area (Å²) < 4.78 is 27.4. The molecule has 1 aromatic heterocycles. The molecule has 0 unspecified atom stereocenters. The highest BCUT2D eigenvalue weighted by Gasteiger charge is 2.14. The summed E-state index contributed by atoms with van der Waals surface area (Å²) in [4.78, 5) is 8.93. The molecule has 2 N–H and O–H groups in total. The van der Waals surface area contributed by atoms with Gasteiger partial charge < -0.3 is 10.6 Å². The van der Waals surface area contributed by atoms with E-state index in [-0.39, 0.29) is 11.2 Å². The van der Waals surface area contributed by atoms with E-state index in [1.807, 2.05) is 51.1 Å². The Morgan fingerprint density at radius 1 is 0.885 bits per heavy atom. The minimum Gasteiger partial charge on any atom is -0.350 e. The van der Waals surface area contributed by atoms with Gasteiger partial charge in [-0.1, -0.05) is 30.3 Å². The maximum absolute atomic E-state index is 14.0. The quantitative estimate of drug-likeness (QED) is 0.661. The molecule has 0 radical (unpaired) electrons. The van der Waals surface area contributed by atoms with Crippen LogP contribution in [-0.4, -0.2) is 15.5 Å². The van der Waals surface area contributed by atoms with Crippen LogP contribution in [0.25, 0.3) is 11.3 Å². The van der Waals surface area contributed by atoms with E-state index in [1.165, 1.54) is 0 Å². The van der Waals surface area contributed by atoms with Gasteiger partial charge in [0.25, 0.3) is 0 Å². The molecule has 0 fully saturated rings. The summed E-state index contributed by atoms with van der Waals surface area (Å²) >= 11 is 0. The molecule has 0 saturated heterocycles. The van der Waals surface area contributed by atoms with Crippen LogP contribution in [0.2, 0.25) is 0 Å². The first-order valence-corrected chi connectivity index (χ1v) is 8.25. The zero-order chi connectivity index (χ0) is 18.7.